The molecule has 1 fully saturated rings. The predicted molar refractivity (Wildman–Crippen MR) is 107 cm³/mol. The zero-order valence-corrected chi connectivity index (χ0v) is 15.8. The van der Waals surface area contributed by atoms with E-state index >= 15 is 0 Å². The average molecular weight is 381 g/mol. The molecule has 3 aromatic rings. The van der Waals surface area contributed by atoms with Crippen molar-refractivity contribution < 1.29 is 9.21 Å². The van der Waals surface area contributed by atoms with Gasteiger partial charge in [-0.1, -0.05) is 12.1 Å². The van der Waals surface area contributed by atoms with Crippen LogP contribution in [0.15, 0.2) is 56.3 Å². The van der Waals surface area contributed by atoms with Gasteiger partial charge in [-0.3, -0.25) is 4.79 Å². The normalized spacial score (nSPS) is 17.2. The number of amidine groups is 1. The van der Waals surface area contributed by atoms with Crippen LogP contribution in [0.2, 0.25) is 0 Å². The summed E-state index contributed by atoms with van der Waals surface area (Å²) in [6.07, 6.45) is 3.39. The van der Waals surface area contributed by atoms with E-state index in [9.17, 15) is 4.79 Å². The molecular weight excluding hydrogens is 366 g/mol. The van der Waals surface area contributed by atoms with E-state index in [2.05, 4.69) is 15.3 Å². The van der Waals surface area contributed by atoms with Crippen LogP contribution in [-0.2, 0) is 4.79 Å². The first-order chi connectivity index (χ1) is 12.6. The molecule has 130 valence electrons. The van der Waals surface area contributed by atoms with E-state index in [0.717, 1.165) is 33.3 Å². The Balaban J connectivity index is 1.57. The summed E-state index contributed by atoms with van der Waals surface area (Å²) < 4.78 is 5.35. The number of nitrogens with one attached hydrogen (secondary N) is 1. The van der Waals surface area contributed by atoms with Gasteiger partial charge < -0.3 is 9.73 Å². The highest BCUT2D eigenvalue weighted by Crippen LogP contribution is 2.31. The monoisotopic (exact) mass is 381 g/mol. The van der Waals surface area contributed by atoms with Gasteiger partial charge in [-0.2, -0.15) is 0 Å². The van der Waals surface area contributed by atoms with Gasteiger partial charge in [-0.05, 0) is 61.0 Å². The van der Waals surface area contributed by atoms with Crippen LogP contribution >= 0.6 is 23.1 Å². The summed E-state index contributed by atoms with van der Waals surface area (Å²) in [6, 6.07) is 9.77. The number of carbonyl (C=O) groups excluding carboxylic acids is 1. The molecule has 0 atom stereocenters. The summed E-state index contributed by atoms with van der Waals surface area (Å²) in [7, 11) is 0. The summed E-state index contributed by atoms with van der Waals surface area (Å²) in [5.41, 5.74) is 3.79. The average Bonchev–Trinajstić information content (AvgIpc) is 3.33. The molecule has 7 heteroatoms. The number of rotatable bonds is 3. The number of aromatic nitrogens is 1. The number of hydrogen-bond acceptors (Lipinski definition) is 6. The van der Waals surface area contributed by atoms with Gasteiger partial charge in [0.25, 0.3) is 5.91 Å². The van der Waals surface area contributed by atoms with Crippen molar-refractivity contribution in [3.05, 3.63) is 63.7 Å². The molecule has 26 heavy (non-hydrogen) atoms. The van der Waals surface area contributed by atoms with Crippen LogP contribution in [0.25, 0.3) is 16.8 Å². The number of nitrogens with zero attached hydrogens (tertiary/aromatic N) is 2. The van der Waals surface area contributed by atoms with E-state index in [0.29, 0.717) is 10.1 Å². The smallest absolute Gasteiger partial charge is 0.264 e. The third-order valence-corrected chi connectivity index (χ3v) is 5.56. The summed E-state index contributed by atoms with van der Waals surface area (Å²) in [6.45, 7) is 4.02. The third-order valence-electron chi connectivity index (χ3n) is 3.77. The second-order valence-corrected chi connectivity index (χ2v) is 7.72. The SMILES string of the molecule is Cc1ccc(C)c(N=C2NC(=O)/C(=C\c3csc(-c4ccco4)n3)S2)c1. The topological polar surface area (TPSA) is 67.5 Å². The van der Waals surface area contributed by atoms with E-state index in [1.807, 2.05) is 49.6 Å². The molecule has 0 bridgehead atoms. The van der Waals surface area contributed by atoms with Crippen molar-refractivity contribution >= 4 is 45.9 Å². The zero-order valence-electron chi connectivity index (χ0n) is 14.1. The van der Waals surface area contributed by atoms with Gasteiger partial charge in [0.2, 0.25) is 0 Å². The molecule has 0 radical (unpaired) electrons. The molecule has 0 saturated carbocycles. The third kappa shape index (κ3) is 3.49. The lowest BCUT2D eigenvalue weighted by Gasteiger charge is -2.02. The largest absolute Gasteiger partial charge is 0.462 e. The molecule has 4 rings (SSSR count). The molecule has 1 aliphatic rings. The Hall–Kier alpha value is -2.64. The molecule has 0 unspecified atom stereocenters. The van der Waals surface area contributed by atoms with Gasteiger partial charge in [-0.25, -0.2) is 9.98 Å². The van der Waals surface area contributed by atoms with Crippen LogP contribution in [0.4, 0.5) is 5.69 Å². The van der Waals surface area contributed by atoms with E-state index < -0.39 is 0 Å². The Kier molecular flexibility index (Phi) is 4.48. The predicted octanol–water partition coefficient (Wildman–Crippen LogP) is 4.91. The summed E-state index contributed by atoms with van der Waals surface area (Å²) in [5.74, 6) is 0.562. The molecule has 0 aliphatic carbocycles. The Labute approximate surface area is 158 Å². The van der Waals surface area contributed by atoms with E-state index in [4.69, 9.17) is 4.42 Å². The van der Waals surface area contributed by atoms with Gasteiger partial charge in [0.15, 0.2) is 15.9 Å². The van der Waals surface area contributed by atoms with Crippen LogP contribution in [0, 0.1) is 13.8 Å². The Bertz CT molecular complexity index is 1030. The van der Waals surface area contributed by atoms with Crippen molar-refractivity contribution in [2.24, 2.45) is 4.99 Å². The molecule has 2 aromatic heterocycles. The van der Waals surface area contributed by atoms with E-state index in [1.165, 1.54) is 23.1 Å². The Morgan fingerprint density at radius 1 is 1.27 bits per heavy atom. The van der Waals surface area contributed by atoms with E-state index in [1.54, 1.807) is 12.3 Å². The first-order valence-corrected chi connectivity index (χ1v) is 9.64. The number of furan rings is 1. The molecule has 5 nitrogen and oxygen atoms in total. The number of amides is 1. The Morgan fingerprint density at radius 3 is 2.96 bits per heavy atom. The number of aliphatic imine (C=N–C) groups is 1. The molecule has 1 N–H and O–H groups in total. The van der Waals surface area contributed by atoms with Crippen LogP contribution in [0.5, 0.6) is 0 Å². The molecule has 1 amide bonds. The minimum absolute atomic E-state index is 0.161. The first kappa shape index (κ1) is 16.8. The van der Waals surface area contributed by atoms with E-state index in [-0.39, 0.29) is 5.91 Å². The molecule has 0 spiro atoms. The number of thioether (sulfide) groups is 1. The molecular formula is C19H15N3O2S2. The minimum Gasteiger partial charge on any atom is -0.462 e. The fraction of sp³-hybridized carbons (Fsp3) is 0.105. The summed E-state index contributed by atoms with van der Waals surface area (Å²) in [4.78, 5) is 21.9. The Morgan fingerprint density at radius 2 is 2.15 bits per heavy atom. The number of aryl methyl sites for hydroxylation is 2. The highest BCUT2D eigenvalue weighted by Gasteiger charge is 2.24. The highest BCUT2D eigenvalue weighted by molar-refractivity contribution is 8.18. The van der Waals surface area contributed by atoms with Crippen molar-refractivity contribution in [2.75, 3.05) is 0 Å². The fourth-order valence-electron chi connectivity index (χ4n) is 2.43. The number of benzene rings is 1. The van der Waals surface area contributed by atoms with Gasteiger partial charge in [0.05, 0.1) is 22.5 Å². The van der Waals surface area contributed by atoms with Gasteiger partial charge in [0.1, 0.15) is 0 Å². The first-order valence-electron chi connectivity index (χ1n) is 7.95. The summed E-state index contributed by atoms with van der Waals surface area (Å²) >= 11 is 2.80. The van der Waals surface area contributed by atoms with Crippen molar-refractivity contribution in [2.45, 2.75) is 13.8 Å². The van der Waals surface area contributed by atoms with Gasteiger partial charge >= 0.3 is 0 Å². The van der Waals surface area contributed by atoms with Crippen LogP contribution in [-0.4, -0.2) is 16.1 Å². The van der Waals surface area contributed by atoms with Crippen LogP contribution in [0.1, 0.15) is 16.8 Å². The lowest BCUT2D eigenvalue weighted by atomic mass is 10.1. The fourth-order valence-corrected chi connectivity index (χ4v) is 3.99. The lowest BCUT2D eigenvalue weighted by Crippen LogP contribution is -2.19. The van der Waals surface area contributed by atoms with Crippen LogP contribution < -0.4 is 5.32 Å². The lowest BCUT2D eigenvalue weighted by molar-refractivity contribution is -0.115. The van der Waals surface area contributed by atoms with Crippen molar-refractivity contribution in [3.63, 3.8) is 0 Å². The molecule has 1 aromatic carbocycles. The minimum atomic E-state index is -0.161. The van der Waals surface area contributed by atoms with Gasteiger partial charge in [0, 0.05) is 5.38 Å². The number of thiazole rings is 1. The second kappa shape index (κ2) is 6.93. The van der Waals surface area contributed by atoms with Crippen molar-refractivity contribution in [1.82, 2.24) is 10.3 Å². The van der Waals surface area contributed by atoms with Crippen molar-refractivity contribution in [1.29, 1.82) is 0 Å². The molecule has 3 heterocycles. The highest BCUT2D eigenvalue weighted by atomic mass is 32.2. The maximum absolute atomic E-state index is 12.2. The standard InChI is InChI=1S/C19H15N3O2S2/c1-11-5-6-12(2)14(8-11)21-19-22-17(23)16(26-19)9-13-10-25-18(20-13)15-4-3-7-24-15/h3-10H,1-2H3,(H,21,22,23)/b16-9+. The summed E-state index contributed by atoms with van der Waals surface area (Å²) in [5, 5.41) is 6.08. The number of hydrogen-bond donors (Lipinski definition) is 1. The van der Waals surface area contributed by atoms with Crippen molar-refractivity contribution in [3.8, 4) is 10.8 Å². The maximum Gasteiger partial charge on any atom is 0.264 e. The second-order valence-electron chi connectivity index (χ2n) is 5.83. The maximum atomic E-state index is 12.2. The quantitative estimate of drug-likeness (QED) is 0.655. The molecule has 1 aliphatic heterocycles. The number of carbonyl (C=O) groups is 1. The molecule has 1 saturated heterocycles. The van der Waals surface area contributed by atoms with Gasteiger partial charge in [-0.15, -0.1) is 11.3 Å². The zero-order chi connectivity index (χ0) is 18.1. The van der Waals surface area contributed by atoms with Crippen LogP contribution in [0.3, 0.4) is 0 Å².